The van der Waals surface area contributed by atoms with Gasteiger partial charge in [-0.05, 0) is 83.6 Å². The molecule has 2 saturated carbocycles. The van der Waals surface area contributed by atoms with Gasteiger partial charge in [0, 0.05) is 57.8 Å². The van der Waals surface area contributed by atoms with Crippen molar-refractivity contribution in [2.75, 3.05) is 66.2 Å². The van der Waals surface area contributed by atoms with E-state index < -0.39 is 0 Å². The molecule has 9 unspecified atom stereocenters. The van der Waals surface area contributed by atoms with Gasteiger partial charge in [-0.25, -0.2) is 0 Å². The average molecular weight is 706 g/mol. The highest BCUT2D eigenvalue weighted by Crippen LogP contribution is 2.55. The van der Waals surface area contributed by atoms with Crippen molar-refractivity contribution >= 4 is 23.0 Å². The molecule has 0 radical (unpaired) electrons. The number of nitrogens with zero attached hydrogens (tertiary/aromatic N) is 3. The molecule has 1 N–H and O–H groups in total. The van der Waals surface area contributed by atoms with Gasteiger partial charge in [0.15, 0.2) is 0 Å². The van der Waals surface area contributed by atoms with E-state index in [2.05, 4.69) is 58.5 Å². The van der Waals surface area contributed by atoms with Crippen LogP contribution in [0.15, 0.2) is 0 Å². The Kier molecular flexibility index (Phi) is 10.8. The molecule has 4 aliphatic heterocycles. The largest absolute Gasteiger partial charge is 0.393 e. The molecule has 0 amide bonds. The first-order valence-electron chi connectivity index (χ1n) is 16.9. The molecule has 242 valence electrons. The predicted molar refractivity (Wildman–Crippen MR) is 170 cm³/mol. The molecule has 6 aliphatic rings. The zero-order chi connectivity index (χ0) is 29.4. The highest BCUT2D eigenvalue weighted by atomic mass is 127. The highest BCUT2D eigenvalue weighted by Gasteiger charge is 2.55. The van der Waals surface area contributed by atoms with Crippen LogP contribution in [0.25, 0.3) is 0 Å². The van der Waals surface area contributed by atoms with E-state index in [-0.39, 0.29) is 29.8 Å². The maximum Gasteiger partial charge on any atom is 0.110 e. The van der Waals surface area contributed by atoms with Crippen molar-refractivity contribution in [2.24, 2.45) is 17.3 Å². The van der Waals surface area contributed by atoms with Crippen LogP contribution in [0.2, 0.25) is 0 Å². The number of likely N-dealkylation sites (tertiary alicyclic amines) is 3. The predicted octanol–water partition coefficient (Wildman–Crippen LogP) is 3.36. The molecule has 0 aromatic rings. The number of aliphatic hydroxyl groups excluding tert-OH is 1. The van der Waals surface area contributed by atoms with E-state index in [4.69, 9.17) is 22.0 Å². The van der Waals surface area contributed by atoms with Gasteiger partial charge in [0.1, 0.15) is 29.1 Å². The summed E-state index contributed by atoms with van der Waals surface area (Å²) in [6.45, 7) is 15.2. The normalized spacial score (nSPS) is 43.6. The molecule has 6 fully saturated rings. The van der Waals surface area contributed by atoms with E-state index in [0.29, 0.717) is 42.2 Å². The van der Waals surface area contributed by atoms with Gasteiger partial charge in [0.2, 0.25) is 0 Å². The summed E-state index contributed by atoms with van der Waals surface area (Å²) >= 11 is 2.09. The van der Waals surface area contributed by atoms with Crippen LogP contribution in [0.3, 0.4) is 0 Å². The minimum Gasteiger partial charge on any atom is -0.393 e. The van der Waals surface area contributed by atoms with E-state index in [1.807, 2.05) is 0 Å². The molecular weight excluding hydrogens is 649 g/mol. The second-order valence-electron chi connectivity index (χ2n) is 14.7. The first-order valence-corrected chi connectivity index (χ1v) is 17.7. The molecule has 0 aromatic carbocycles. The number of halogens is 1. The molecule has 2 bridgehead atoms. The average Bonchev–Trinajstić information content (AvgIpc) is 3.52. The fraction of sp³-hybridized carbons (Fsp3) is 1.00. The van der Waals surface area contributed by atoms with Crippen molar-refractivity contribution in [1.82, 2.24) is 14.7 Å². The maximum atomic E-state index is 10.5. The third-order valence-electron chi connectivity index (χ3n) is 11.8. The Bertz CT molecular complexity index is 879. The highest BCUT2D eigenvalue weighted by molar-refractivity contribution is 14.1. The molecule has 2 aliphatic carbocycles. The zero-order valence-electron chi connectivity index (χ0n) is 26.4. The summed E-state index contributed by atoms with van der Waals surface area (Å²) in [7, 11) is 1.80. The lowest BCUT2D eigenvalue weighted by Crippen LogP contribution is -2.64. The number of rotatable bonds is 13. The third kappa shape index (κ3) is 6.74. The number of ether oxygens (including phenoxy) is 4. The molecule has 6 rings (SSSR count). The van der Waals surface area contributed by atoms with Crippen LogP contribution in [-0.4, -0.2) is 141 Å². The van der Waals surface area contributed by atoms with Gasteiger partial charge in [-0.1, -0.05) is 0 Å². The topological polar surface area (TPSA) is 76.1 Å². The Morgan fingerprint density at radius 1 is 1.02 bits per heavy atom. The fourth-order valence-electron chi connectivity index (χ4n) is 9.62. The summed E-state index contributed by atoms with van der Waals surface area (Å²) in [5.74, 6) is 1.21. The van der Waals surface area contributed by atoms with Gasteiger partial charge in [0.05, 0.1) is 56.4 Å². The van der Waals surface area contributed by atoms with Crippen LogP contribution in [0.5, 0.6) is 0 Å². The summed E-state index contributed by atoms with van der Waals surface area (Å²) in [6.07, 6.45) is 8.76. The number of fused-ring (bicyclic) bond motifs is 2. The van der Waals surface area contributed by atoms with Gasteiger partial charge in [-0.3, -0.25) is 9.80 Å². The van der Waals surface area contributed by atoms with Crippen LogP contribution in [0.1, 0.15) is 65.7 Å². The van der Waals surface area contributed by atoms with Crippen molar-refractivity contribution in [3.63, 3.8) is 0 Å². The second-order valence-corrected chi connectivity index (χ2v) is 15.2. The van der Waals surface area contributed by atoms with Gasteiger partial charge in [0.25, 0.3) is 0 Å². The van der Waals surface area contributed by atoms with Gasteiger partial charge in [-0.2, -0.15) is 0 Å². The molecular formula is C32H56IN3O6. The minimum atomic E-state index is -0.136. The van der Waals surface area contributed by atoms with E-state index in [9.17, 15) is 5.11 Å². The molecule has 42 heavy (non-hydrogen) atoms. The number of methoxy groups -OCH3 is 1. The monoisotopic (exact) mass is 705 g/mol. The van der Waals surface area contributed by atoms with Crippen LogP contribution >= 0.6 is 23.0 Å². The standard InChI is InChI=1S/C32H56IN3O6/c1-21(2)41-26-5-7-35(28(15-26)27-19-34(9-11-38-4)8-6-32(27)16-25(37)17-32)10-12-39-22(3)31-29(20-40-31)36-18-23-13-24(36)14-30(23)42-33/h21-31,37H,5-20H2,1-4H3. The number of hydrogen-bond donors (Lipinski definition) is 1. The first kappa shape index (κ1) is 32.3. The van der Waals surface area contributed by atoms with Crippen molar-refractivity contribution in [3.8, 4) is 0 Å². The van der Waals surface area contributed by atoms with E-state index in [1.54, 1.807) is 7.11 Å². The molecule has 10 heteroatoms. The van der Waals surface area contributed by atoms with Crippen molar-refractivity contribution < 1.29 is 27.1 Å². The Morgan fingerprint density at radius 3 is 2.50 bits per heavy atom. The zero-order valence-corrected chi connectivity index (χ0v) is 28.5. The summed E-state index contributed by atoms with van der Waals surface area (Å²) in [5, 5.41) is 10.5. The summed E-state index contributed by atoms with van der Waals surface area (Å²) in [6, 6.07) is 1.57. The fourth-order valence-corrected chi connectivity index (χ4v) is 10.2. The lowest BCUT2D eigenvalue weighted by molar-refractivity contribution is -0.195. The Morgan fingerprint density at radius 2 is 1.86 bits per heavy atom. The summed E-state index contributed by atoms with van der Waals surface area (Å²) in [4.78, 5) is 8.01. The van der Waals surface area contributed by atoms with E-state index >= 15 is 0 Å². The number of aliphatic hydroxyl groups is 1. The van der Waals surface area contributed by atoms with Gasteiger partial charge in [-0.15, -0.1) is 0 Å². The van der Waals surface area contributed by atoms with Crippen molar-refractivity contribution in [1.29, 1.82) is 0 Å². The van der Waals surface area contributed by atoms with Crippen molar-refractivity contribution in [2.45, 2.75) is 120 Å². The quantitative estimate of drug-likeness (QED) is 0.291. The Balaban J connectivity index is 1.07. The lowest BCUT2D eigenvalue weighted by Gasteiger charge is -2.60. The molecule has 9 atom stereocenters. The summed E-state index contributed by atoms with van der Waals surface area (Å²) < 4.78 is 30.2. The third-order valence-corrected chi connectivity index (χ3v) is 12.5. The smallest absolute Gasteiger partial charge is 0.110 e. The van der Waals surface area contributed by atoms with E-state index in [0.717, 1.165) is 91.2 Å². The number of hydrogen-bond acceptors (Lipinski definition) is 9. The van der Waals surface area contributed by atoms with Crippen LogP contribution < -0.4 is 0 Å². The minimum absolute atomic E-state index is 0.0899. The maximum absolute atomic E-state index is 10.5. The van der Waals surface area contributed by atoms with Gasteiger partial charge >= 0.3 is 0 Å². The SMILES string of the molecule is COCCN1CCC2(CC(O)C2)C(C2CC(OC(C)C)CCN2CCOC(C)C2OCC2N2CC3CC2CC3OI)C1. The van der Waals surface area contributed by atoms with Gasteiger partial charge < -0.3 is 32.0 Å². The first-order chi connectivity index (χ1) is 20.3. The van der Waals surface area contributed by atoms with Crippen LogP contribution in [-0.2, 0) is 22.0 Å². The summed E-state index contributed by atoms with van der Waals surface area (Å²) in [5.41, 5.74) is 0.253. The van der Waals surface area contributed by atoms with Crippen LogP contribution in [0.4, 0.5) is 0 Å². The lowest BCUT2D eigenvalue weighted by atomic mass is 9.54. The van der Waals surface area contributed by atoms with Crippen LogP contribution in [0, 0.1) is 17.3 Å². The second kappa shape index (κ2) is 14.0. The molecule has 4 saturated heterocycles. The number of piperidine rings is 3. The molecule has 4 heterocycles. The Hall–Kier alpha value is 0.370. The molecule has 0 aromatic heterocycles. The van der Waals surface area contributed by atoms with E-state index in [1.165, 1.54) is 12.8 Å². The Labute approximate surface area is 267 Å². The molecule has 9 nitrogen and oxygen atoms in total. The molecule has 1 spiro atoms. The van der Waals surface area contributed by atoms with Crippen molar-refractivity contribution in [3.05, 3.63) is 0 Å².